The molecule has 0 fully saturated rings. The molecule has 0 aromatic heterocycles. The van der Waals surface area contributed by atoms with Gasteiger partial charge in [-0.1, -0.05) is 170 Å². The Hall–Kier alpha value is -8.20. The van der Waals surface area contributed by atoms with Crippen molar-refractivity contribution in [3.8, 4) is 22.3 Å². The van der Waals surface area contributed by atoms with Crippen LogP contribution in [0.15, 0.2) is 243 Å². The molecule has 0 unspecified atom stereocenters. The molecule has 12 rings (SSSR count). The molecule has 0 saturated carbocycles. The highest BCUT2D eigenvalue weighted by Gasteiger charge is 2.18. The maximum Gasteiger partial charge on any atom is 0.0468 e. The minimum Gasteiger partial charge on any atom is -0.310 e. The summed E-state index contributed by atoms with van der Waals surface area (Å²) in [5, 5.41) is 12.6. The Morgan fingerprint density at radius 1 is 0.210 bits per heavy atom. The molecular formula is C60H40N2. The van der Waals surface area contributed by atoms with Gasteiger partial charge in [0.1, 0.15) is 0 Å². The average molecular weight is 789 g/mol. The normalized spacial score (nSPS) is 11.5. The van der Waals surface area contributed by atoms with E-state index < -0.39 is 0 Å². The summed E-state index contributed by atoms with van der Waals surface area (Å²) in [5.41, 5.74) is 11.6. The van der Waals surface area contributed by atoms with Gasteiger partial charge in [0, 0.05) is 34.1 Å². The number of nitrogens with zero attached hydrogens (tertiary/aromatic N) is 2. The van der Waals surface area contributed by atoms with Gasteiger partial charge in [-0.25, -0.2) is 0 Å². The van der Waals surface area contributed by atoms with E-state index in [0.29, 0.717) is 0 Å². The molecule has 12 aromatic rings. The predicted octanol–water partition coefficient (Wildman–Crippen LogP) is 17.2. The fraction of sp³-hybridized carbons (Fsp3) is 0. The molecule has 0 bridgehead atoms. The number of hydrogen-bond donors (Lipinski definition) is 0. The topological polar surface area (TPSA) is 6.48 Å². The number of benzene rings is 12. The van der Waals surface area contributed by atoms with Crippen molar-refractivity contribution in [2.45, 2.75) is 0 Å². The lowest BCUT2D eigenvalue weighted by Gasteiger charge is -2.26. The van der Waals surface area contributed by atoms with E-state index >= 15 is 0 Å². The lowest BCUT2D eigenvalue weighted by Crippen LogP contribution is -2.09. The first-order chi connectivity index (χ1) is 30.7. The second kappa shape index (κ2) is 14.8. The quantitative estimate of drug-likeness (QED) is 0.142. The summed E-state index contributed by atoms with van der Waals surface area (Å²) in [6, 6.07) is 88.4. The summed E-state index contributed by atoms with van der Waals surface area (Å²) < 4.78 is 0. The molecule has 12 aromatic carbocycles. The molecule has 0 saturated heterocycles. The highest BCUT2D eigenvalue weighted by Crippen LogP contribution is 2.44. The fourth-order valence-electron chi connectivity index (χ4n) is 9.56. The molecule has 2 nitrogen and oxygen atoms in total. The Bertz CT molecular complexity index is 3320. The van der Waals surface area contributed by atoms with Crippen molar-refractivity contribution < 1.29 is 0 Å². The highest BCUT2D eigenvalue weighted by molar-refractivity contribution is 6.27. The molecule has 0 spiro atoms. The molecule has 62 heavy (non-hydrogen) atoms. The smallest absolute Gasteiger partial charge is 0.0468 e. The first-order valence-corrected chi connectivity index (χ1v) is 21.3. The molecule has 0 atom stereocenters. The van der Waals surface area contributed by atoms with Gasteiger partial charge in [0.15, 0.2) is 0 Å². The van der Waals surface area contributed by atoms with Crippen molar-refractivity contribution >= 4 is 88.0 Å². The zero-order chi connectivity index (χ0) is 41.0. The number of rotatable bonds is 8. The van der Waals surface area contributed by atoms with Crippen molar-refractivity contribution in [3.63, 3.8) is 0 Å². The Morgan fingerprint density at radius 2 is 0.532 bits per heavy atom. The van der Waals surface area contributed by atoms with E-state index in [-0.39, 0.29) is 0 Å². The van der Waals surface area contributed by atoms with Crippen molar-refractivity contribution in [3.05, 3.63) is 243 Å². The third-order valence-corrected chi connectivity index (χ3v) is 12.5. The number of para-hydroxylation sites is 2. The Kier molecular flexibility index (Phi) is 8.53. The predicted molar refractivity (Wildman–Crippen MR) is 265 cm³/mol. The van der Waals surface area contributed by atoms with Crippen LogP contribution < -0.4 is 9.80 Å². The number of anilines is 6. The molecule has 2 heteroatoms. The van der Waals surface area contributed by atoms with Gasteiger partial charge in [-0.15, -0.1) is 0 Å². The van der Waals surface area contributed by atoms with Crippen molar-refractivity contribution in [2.24, 2.45) is 0 Å². The molecule has 0 radical (unpaired) electrons. The van der Waals surface area contributed by atoms with Crippen molar-refractivity contribution in [2.75, 3.05) is 9.80 Å². The van der Waals surface area contributed by atoms with Crippen LogP contribution in [0, 0.1) is 0 Å². The van der Waals surface area contributed by atoms with Crippen LogP contribution in [-0.2, 0) is 0 Å². The average Bonchev–Trinajstić information content (AvgIpc) is 3.34. The van der Waals surface area contributed by atoms with Gasteiger partial charge in [-0.3, -0.25) is 0 Å². The van der Waals surface area contributed by atoms with E-state index in [2.05, 4.69) is 252 Å². The maximum atomic E-state index is 2.34. The zero-order valence-electron chi connectivity index (χ0n) is 34.0. The standard InChI is InChI=1S/C60H40N2/c1-3-15-49(16-4-1)61(53-33-19-41-11-7-9-13-47(41)39-53)51-29-21-43(22-30-51)55-35-25-45-28-38-58-56(36-26-46-27-37-57(55)59(45)60(46)58)44-23-31-52(32-24-44)62(50-17-5-2-6-18-50)54-34-20-42-12-8-10-14-48(42)40-54/h1-40H. The van der Waals surface area contributed by atoms with Crippen LogP contribution >= 0.6 is 0 Å². The van der Waals surface area contributed by atoms with Gasteiger partial charge < -0.3 is 9.80 Å². The first-order valence-electron chi connectivity index (χ1n) is 21.3. The molecule has 0 aliphatic heterocycles. The molecule has 0 N–H and O–H groups in total. The Labute approximate surface area is 361 Å². The first kappa shape index (κ1) is 35.7. The Balaban J connectivity index is 0.925. The van der Waals surface area contributed by atoms with Crippen LogP contribution in [0.4, 0.5) is 34.1 Å². The summed E-state index contributed by atoms with van der Waals surface area (Å²) in [5.74, 6) is 0. The third-order valence-electron chi connectivity index (χ3n) is 12.5. The third kappa shape index (κ3) is 6.12. The lowest BCUT2D eigenvalue weighted by molar-refractivity contribution is 1.29. The van der Waals surface area contributed by atoms with Crippen LogP contribution in [0.2, 0.25) is 0 Å². The van der Waals surface area contributed by atoms with Crippen molar-refractivity contribution in [1.29, 1.82) is 0 Å². The minimum atomic E-state index is 1.12. The molecule has 0 amide bonds. The van der Waals surface area contributed by atoms with Crippen LogP contribution in [0.25, 0.3) is 76.1 Å². The van der Waals surface area contributed by atoms with Crippen LogP contribution in [0.5, 0.6) is 0 Å². The Morgan fingerprint density at radius 3 is 0.952 bits per heavy atom. The van der Waals surface area contributed by atoms with Gasteiger partial charge in [0.05, 0.1) is 0 Å². The molecule has 290 valence electrons. The molecule has 0 aliphatic carbocycles. The van der Waals surface area contributed by atoms with E-state index in [1.165, 1.54) is 76.1 Å². The van der Waals surface area contributed by atoms with E-state index in [9.17, 15) is 0 Å². The van der Waals surface area contributed by atoms with Gasteiger partial charge in [0.2, 0.25) is 0 Å². The monoisotopic (exact) mass is 788 g/mol. The highest BCUT2D eigenvalue weighted by atomic mass is 15.1. The van der Waals surface area contributed by atoms with E-state index in [4.69, 9.17) is 0 Å². The van der Waals surface area contributed by atoms with E-state index in [1.807, 2.05) is 0 Å². The van der Waals surface area contributed by atoms with Crippen LogP contribution in [0.1, 0.15) is 0 Å². The van der Waals surface area contributed by atoms with Crippen LogP contribution in [0.3, 0.4) is 0 Å². The summed E-state index contributed by atoms with van der Waals surface area (Å²) in [4.78, 5) is 4.69. The lowest BCUT2D eigenvalue weighted by atomic mass is 9.87. The summed E-state index contributed by atoms with van der Waals surface area (Å²) in [6.45, 7) is 0. The van der Waals surface area contributed by atoms with E-state index in [0.717, 1.165) is 34.1 Å². The van der Waals surface area contributed by atoms with E-state index in [1.54, 1.807) is 0 Å². The van der Waals surface area contributed by atoms with Gasteiger partial charge in [0.25, 0.3) is 0 Å². The van der Waals surface area contributed by atoms with Crippen LogP contribution in [-0.4, -0.2) is 0 Å². The summed E-state index contributed by atoms with van der Waals surface area (Å²) in [6.07, 6.45) is 0. The summed E-state index contributed by atoms with van der Waals surface area (Å²) in [7, 11) is 0. The minimum absolute atomic E-state index is 1.12. The largest absolute Gasteiger partial charge is 0.310 e. The number of hydrogen-bond acceptors (Lipinski definition) is 2. The van der Waals surface area contributed by atoms with Crippen molar-refractivity contribution in [1.82, 2.24) is 0 Å². The molecule has 0 heterocycles. The second-order valence-electron chi connectivity index (χ2n) is 16.1. The number of fused-ring (bicyclic) bond motifs is 2. The van der Waals surface area contributed by atoms with Gasteiger partial charge >= 0.3 is 0 Å². The maximum absolute atomic E-state index is 2.34. The summed E-state index contributed by atoms with van der Waals surface area (Å²) >= 11 is 0. The second-order valence-corrected chi connectivity index (χ2v) is 16.1. The van der Waals surface area contributed by atoms with Gasteiger partial charge in [-0.05, 0) is 149 Å². The van der Waals surface area contributed by atoms with Gasteiger partial charge in [-0.2, -0.15) is 0 Å². The fourth-order valence-corrected chi connectivity index (χ4v) is 9.56. The molecular weight excluding hydrogens is 749 g/mol. The SMILES string of the molecule is c1ccc(N(c2ccc(-c3ccc4ccc5c(-c6ccc(N(c7ccccc7)c7ccc8ccccc8c7)cc6)ccc6ccc3c4c65)cc2)c2ccc3ccccc3c2)cc1. The zero-order valence-corrected chi connectivity index (χ0v) is 34.0. The molecule has 0 aliphatic rings.